The lowest BCUT2D eigenvalue weighted by molar-refractivity contribution is 0.279. The lowest BCUT2D eigenvalue weighted by Gasteiger charge is -2.20. The highest BCUT2D eigenvalue weighted by atomic mass is 35.5. The molecule has 2 aromatic heterocycles. The average molecular weight is 745 g/mol. The minimum atomic E-state index is -0.311. The number of halogens is 3. The van der Waals surface area contributed by atoms with E-state index < -0.39 is 0 Å². The molecule has 2 unspecified atom stereocenters. The van der Waals surface area contributed by atoms with Crippen molar-refractivity contribution in [3.05, 3.63) is 152 Å². The number of nitrogens with zero attached hydrogens (tertiary/aromatic N) is 5. The molecular formula is C43H39ClF2N6O2. The van der Waals surface area contributed by atoms with Crippen LogP contribution in [0.3, 0.4) is 0 Å². The topological polar surface area (TPSA) is 85.1 Å². The lowest BCUT2D eigenvalue weighted by Crippen LogP contribution is -2.33. The first-order valence-electron chi connectivity index (χ1n) is 17.8. The lowest BCUT2D eigenvalue weighted by atomic mass is 10.1. The Morgan fingerprint density at radius 3 is 1.67 bits per heavy atom. The van der Waals surface area contributed by atoms with Gasteiger partial charge in [-0.05, 0) is 119 Å². The van der Waals surface area contributed by atoms with Crippen LogP contribution in [0.2, 0.25) is 0 Å². The molecule has 54 heavy (non-hydrogen) atoms. The molecule has 6 aromatic rings. The molecule has 8 nitrogen and oxygen atoms in total. The molecule has 274 valence electrons. The molecule has 0 saturated carbocycles. The Balaban J connectivity index is 0.000000181. The van der Waals surface area contributed by atoms with Gasteiger partial charge in [-0.25, -0.2) is 18.7 Å². The van der Waals surface area contributed by atoms with Gasteiger partial charge in [0, 0.05) is 47.4 Å². The van der Waals surface area contributed by atoms with E-state index in [0.717, 1.165) is 43.5 Å². The molecule has 1 N–H and O–H groups in total. The summed E-state index contributed by atoms with van der Waals surface area (Å²) in [5.41, 5.74) is 3.89. The van der Waals surface area contributed by atoms with Crippen molar-refractivity contribution in [1.82, 2.24) is 29.3 Å². The third-order valence-electron chi connectivity index (χ3n) is 9.66. The van der Waals surface area contributed by atoms with E-state index in [1.807, 2.05) is 6.07 Å². The monoisotopic (exact) mass is 744 g/mol. The molecule has 2 fully saturated rings. The molecule has 2 saturated heterocycles. The molecule has 8 rings (SSSR count). The zero-order valence-electron chi connectivity index (χ0n) is 29.8. The number of benzene rings is 4. The molecule has 2 aliphatic heterocycles. The summed E-state index contributed by atoms with van der Waals surface area (Å²) in [5, 5.41) is 4.57. The first kappa shape index (κ1) is 38.1. The van der Waals surface area contributed by atoms with E-state index in [4.69, 9.17) is 0 Å². The van der Waals surface area contributed by atoms with Gasteiger partial charge in [0.1, 0.15) is 11.6 Å². The number of hydrogen-bond acceptors (Lipinski definition) is 6. The summed E-state index contributed by atoms with van der Waals surface area (Å²) in [7, 11) is 2.10. The summed E-state index contributed by atoms with van der Waals surface area (Å²) in [4.78, 5) is 36.6. The molecule has 0 bridgehead atoms. The van der Waals surface area contributed by atoms with Gasteiger partial charge in [0.05, 0.1) is 34.5 Å². The van der Waals surface area contributed by atoms with Crippen molar-refractivity contribution in [2.75, 3.05) is 20.1 Å². The normalized spacial score (nSPS) is 16.4. The number of nitrogens with one attached hydrogen (secondary N) is 1. The second-order valence-corrected chi connectivity index (χ2v) is 13.5. The van der Waals surface area contributed by atoms with Crippen LogP contribution in [0.5, 0.6) is 0 Å². The van der Waals surface area contributed by atoms with Crippen LogP contribution in [0.25, 0.3) is 21.8 Å². The number of rotatable bonds is 4. The van der Waals surface area contributed by atoms with Crippen molar-refractivity contribution in [2.45, 2.75) is 50.9 Å². The van der Waals surface area contributed by atoms with Crippen molar-refractivity contribution in [2.24, 2.45) is 0 Å². The van der Waals surface area contributed by atoms with E-state index in [9.17, 15) is 18.4 Å². The van der Waals surface area contributed by atoms with Gasteiger partial charge in [-0.3, -0.25) is 18.7 Å². The maximum Gasteiger partial charge on any atom is 0.261 e. The van der Waals surface area contributed by atoms with E-state index in [2.05, 4.69) is 50.9 Å². The minimum absolute atomic E-state index is 0. The smallest absolute Gasteiger partial charge is 0.261 e. The van der Waals surface area contributed by atoms with Gasteiger partial charge in [0.25, 0.3) is 11.1 Å². The van der Waals surface area contributed by atoms with Crippen molar-refractivity contribution >= 4 is 34.2 Å². The van der Waals surface area contributed by atoms with Gasteiger partial charge in [0.2, 0.25) is 0 Å². The fourth-order valence-electron chi connectivity index (χ4n) is 6.74. The summed E-state index contributed by atoms with van der Waals surface area (Å²) in [5.74, 6) is 11.3. The number of fused-ring (bicyclic) bond motifs is 2. The third-order valence-corrected chi connectivity index (χ3v) is 9.66. The van der Waals surface area contributed by atoms with Gasteiger partial charge in [0.15, 0.2) is 0 Å². The van der Waals surface area contributed by atoms with Gasteiger partial charge < -0.3 is 10.2 Å². The van der Waals surface area contributed by atoms with Gasteiger partial charge in [-0.1, -0.05) is 35.8 Å². The number of likely N-dealkylation sites (N-methyl/N-ethyl adjacent to an activating group) is 1. The molecule has 0 aliphatic carbocycles. The zero-order valence-corrected chi connectivity index (χ0v) is 30.6. The van der Waals surface area contributed by atoms with Crippen LogP contribution in [0.4, 0.5) is 8.78 Å². The second kappa shape index (κ2) is 17.5. The van der Waals surface area contributed by atoms with Crippen LogP contribution in [0.15, 0.2) is 107 Å². The third kappa shape index (κ3) is 9.28. The average Bonchev–Trinajstić information content (AvgIpc) is 3.84. The molecule has 2 aliphatic rings. The van der Waals surface area contributed by atoms with Crippen LogP contribution in [-0.2, 0) is 13.1 Å². The molecule has 0 amide bonds. The molecule has 4 aromatic carbocycles. The first-order valence-corrected chi connectivity index (χ1v) is 17.8. The summed E-state index contributed by atoms with van der Waals surface area (Å²) < 4.78 is 29.8. The predicted octanol–water partition coefficient (Wildman–Crippen LogP) is 6.14. The summed E-state index contributed by atoms with van der Waals surface area (Å²) in [6, 6.07) is 23.8. The van der Waals surface area contributed by atoms with Gasteiger partial charge in [-0.15, -0.1) is 12.4 Å². The number of hydrogen-bond donors (Lipinski definition) is 1. The highest BCUT2D eigenvalue weighted by Crippen LogP contribution is 2.17. The fourth-order valence-corrected chi connectivity index (χ4v) is 6.74. The van der Waals surface area contributed by atoms with Crippen LogP contribution in [0.1, 0.15) is 47.9 Å². The summed E-state index contributed by atoms with van der Waals surface area (Å²) in [6.45, 7) is 3.39. The number of aromatic nitrogens is 4. The van der Waals surface area contributed by atoms with Gasteiger partial charge in [-0.2, -0.15) is 0 Å². The SMILES string of the molecule is CN1CCCC1Cn1cnc2cc(C#Cc3cccc(F)c3)ccc2c1=O.Cl.O=c1c2ccc(C#Cc3cccc(F)c3)cc2ncn1CC1CCCN1. The largest absolute Gasteiger partial charge is 0.312 e. The highest BCUT2D eigenvalue weighted by molar-refractivity contribution is 5.85. The molecule has 2 atom stereocenters. The quantitative estimate of drug-likeness (QED) is 0.219. The Hall–Kier alpha value is -5.65. The molecule has 0 spiro atoms. The molecule has 11 heteroatoms. The predicted molar refractivity (Wildman–Crippen MR) is 211 cm³/mol. The Kier molecular flexibility index (Phi) is 12.3. The van der Waals surface area contributed by atoms with Crippen LogP contribution < -0.4 is 16.4 Å². The minimum Gasteiger partial charge on any atom is -0.312 e. The maximum absolute atomic E-state index is 13.2. The van der Waals surface area contributed by atoms with Crippen molar-refractivity contribution in [3.63, 3.8) is 0 Å². The highest BCUT2D eigenvalue weighted by Gasteiger charge is 2.22. The maximum atomic E-state index is 13.2. The summed E-state index contributed by atoms with van der Waals surface area (Å²) in [6.07, 6.45) is 7.74. The van der Waals surface area contributed by atoms with Crippen LogP contribution in [0, 0.1) is 35.3 Å². The van der Waals surface area contributed by atoms with Crippen molar-refractivity contribution in [1.29, 1.82) is 0 Å². The Morgan fingerprint density at radius 2 is 1.20 bits per heavy atom. The van der Waals surface area contributed by atoms with E-state index in [-0.39, 0.29) is 35.2 Å². The summed E-state index contributed by atoms with van der Waals surface area (Å²) >= 11 is 0. The van der Waals surface area contributed by atoms with Crippen molar-refractivity contribution in [3.8, 4) is 23.7 Å². The zero-order chi connectivity index (χ0) is 36.7. The van der Waals surface area contributed by atoms with E-state index in [1.54, 1.807) is 76.4 Å². The van der Waals surface area contributed by atoms with E-state index >= 15 is 0 Å². The standard InChI is InChI=1S/C22H20FN3O.C21H18FN3O.ClH/c1-25-11-3-6-19(25)14-26-15-24-21-13-17(9-10-20(21)22(26)27)8-7-16-4-2-5-18(23)12-16;22-17-4-1-3-15(11-17)6-7-16-8-9-19-20(12-16)24-14-25(21(19)26)13-18-5-2-10-23-18;/h2,4-5,9-10,12-13,15,19H,3,6,11,14H2,1H3;1,3-4,8-9,11-12,14,18,23H,2,5,10,13H2;1H. The second-order valence-electron chi connectivity index (χ2n) is 13.5. The Bertz CT molecular complexity index is 2540. The van der Waals surface area contributed by atoms with E-state index in [1.165, 1.54) is 30.7 Å². The fraction of sp³-hybridized carbons (Fsp3) is 0.256. The Labute approximate surface area is 318 Å². The first-order chi connectivity index (χ1) is 25.8. The molecular weight excluding hydrogens is 706 g/mol. The van der Waals surface area contributed by atoms with Crippen LogP contribution >= 0.6 is 12.4 Å². The van der Waals surface area contributed by atoms with E-state index in [0.29, 0.717) is 58.1 Å². The van der Waals surface area contributed by atoms with Crippen molar-refractivity contribution < 1.29 is 8.78 Å². The molecule has 4 heterocycles. The Morgan fingerprint density at radius 1 is 0.685 bits per heavy atom. The van der Waals surface area contributed by atoms with Crippen LogP contribution in [-0.4, -0.2) is 56.2 Å². The number of likely N-dealkylation sites (tertiary alicyclic amines) is 1. The van der Waals surface area contributed by atoms with Gasteiger partial charge >= 0.3 is 0 Å². The molecule has 0 radical (unpaired) electrons.